The Hall–Kier alpha value is -3.53. The third-order valence-corrected chi connectivity index (χ3v) is 5.14. The number of thioether (sulfide) groups is 1. The second-order valence-electron chi connectivity index (χ2n) is 5.92. The smallest absolute Gasteiger partial charge is 0.321 e. The highest BCUT2D eigenvalue weighted by Crippen LogP contribution is 2.38. The van der Waals surface area contributed by atoms with Crippen LogP contribution in [0.4, 0.5) is 4.79 Å². The van der Waals surface area contributed by atoms with Gasteiger partial charge in [0.15, 0.2) is 11.5 Å². The van der Waals surface area contributed by atoms with Gasteiger partial charge in [-0.3, -0.25) is 10.1 Å². The predicted molar refractivity (Wildman–Crippen MR) is 103 cm³/mol. The number of urea groups is 1. The maximum absolute atomic E-state index is 12.6. The number of rotatable bonds is 5. The van der Waals surface area contributed by atoms with Gasteiger partial charge in [0, 0.05) is 12.6 Å². The summed E-state index contributed by atoms with van der Waals surface area (Å²) in [4.78, 5) is 24.2. The Morgan fingerprint density at radius 3 is 2.66 bits per heavy atom. The minimum Gasteiger partial charge on any atom is -0.454 e. The third kappa shape index (κ3) is 4.16. The van der Waals surface area contributed by atoms with E-state index in [0.29, 0.717) is 22.6 Å². The number of carbonyl (C=O) groups is 2. The molecule has 0 aliphatic carbocycles. The van der Waals surface area contributed by atoms with E-state index in [1.807, 2.05) is 18.2 Å². The second-order valence-corrected chi connectivity index (χ2v) is 6.97. The molecule has 0 spiro atoms. The Labute approximate surface area is 169 Å². The molecular weight excluding hydrogens is 396 g/mol. The zero-order chi connectivity index (χ0) is 20.2. The van der Waals surface area contributed by atoms with E-state index >= 15 is 0 Å². The van der Waals surface area contributed by atoms with E-state index in [2.05, 4.69) is 20.8 Å². The molecule has 0 radical (unpaired) electrons. The number of imide groups is 1. The first-order valence-electron chi connectivity index (χ1n) is 8.62. The van der Waals surface area contributed by atoms with E-state index in [9.17, 15) is 9.59 Å². The van der Waals surface area contributed by atoms with Crippen LogP contribution in [0.5, 0.6) is 11.5 Å². The van der Waals surface area contributed by atoms with E-state index in [1.54, 1.807) is 30.3 Å². The molecule has 1 aliphatic rings. The highest BCUT2D eigenvalue weighted by molar-refractivity contribution is 8.00. The van der Waals surface area contributed by atoms with E-state index in [4.69, 9.17) is 13.9 Å². The third-order valence-electron chi connectivity index (χ3n) is 4.05. The number of hydrogen-bond acceptors (Lipinski definition) is 8. The van der Waals surface area contributed by atoms with Gasteiger partial charge < -0.3 is 19.2 Å². The number of benzene rings is 2. The molecule has 2 heterocycles. The Morgan fingerprint density at radius 2 is 1.86 bits per heavy atom. The van der Waals surface area contributed by atoms with Gasteiger partial charge in [-0.15, -0.1) is 10.2 Å². The average Bonchev–Trinajstić information content (AvgIpc) is 3.41. The molecule has 0 unspecified atom stereocenters. The van der Waals surface area contributed by atoms with Gasteiger partial charge in [0.1, 0.15) is 5.25 Å². The average molecular weight is 412 g/mol. The number of amides is 3. The van der Waals surface area contributed by atoms with Crippen molar-refractivity contribution in [1.82, 2.24) is 20.8 Å². The summed E-state index contributed by atoms with van der Waals surface area (Å²) in [6.07, 6.45) is 0. The summed E-state index contributed by atoms with van der Waals surface area (Å²) in [6, 6.07) is 13.7. The van der Waals surface area contributed by atoms with Crippen LogP contribution in [0.25, 0.3) is 11.5 Å². The zero-order valence-corrected chi connectivity index (χ0v) is 16.1. The first-order valence-corrected chi connectivity index (χ1v) is 9.49. The molecule has 0 fully saturated rings. The van der Waals surface area contributed by atoms with Crippen LogP contribution >= 0.6 is 11.8 Å². The molecule has 9 nitrogen and oxygen atoms in total. The van der Waals surface area contributed by atoms with Crippen LogP contribution in [0.15, 0.2) is 58.2 Å². The Morgan fingerprint density at radius 1 is 1.07 bits per heavy atom. The van der Waals surface area contributed by atoms with Crippen LogP contribution in [0.2, 0.25) is 0 Å². The van der Waals surface area contributed by atoms with Crippen molar-refractivity contribution in [2.45, 2.75) is 10.5 Å². The molecule has 0 bridgehead atoms. The standard InChI is InChI=1S/C19H16N4O5S/c1-20-18(25)21-16(24)15(11-5-3-2-4-6-11)29-19-23-22-17(28-19)12-7-8-13-14(9-12)27-10-26-13/h2-9,15H,10H2,1H3,(H2,20,21,24,25)/t15-/m0/s1. The normalized spacial score (nSPS) is 13.0. The van der Waals surface area contributed by atoms with E-state index in [0.717, 1.165) is 11.8 Å². The lowest BCUT2D eigenvalue weighted by atomic mass is 10.1. The predicted octanol–water partition coefficient (Wildman–Crippen LogP) is 2.75. The number of carbonyl (C=O) groups excluding carboxylic acids is 2. The van der Waals surface area contributed by atoms with Crippen molar-refractivity contribution in [3.8, 4) is 23.0 Å². The molecular formula is C19H16N4O5S. The van der Waals surface area contributed by atoms with E-state index in [1.165, 1.54) is 7.05 Å². The van der Waals surface area contributed by atoms with Crippen molar-refractivity contribution in [3.63, 3.8) is 0 Å². The minimum atomic E-state index is -0.751. The van der Waals surface area contributed by atoms with Gasteiger partial charge in [0.2, 0.25) is 18.6 Å². The lowest BCUT2D eigenvalue weighted by Crippen LogP contribution is -2.39. The zero-order valence-electron chi connectivity index (χ0n) is 15.2. The van der Waals surface area contributed by atoms with Gasteiger partial charge in [-0.2, -0.15) is 0 Å². The fourth-order valence-corrected chi connectivity index (χ4v) is 3.52. The number of fused-ring (bicyclic) bond motifs is 1. The molecule has 0 saturated carbocycles. The molecule has 1 atom stereocenters. The lowest BCUT2D eigenvalue weighted by Gasteiger charge is -2.14. The quantitative estimate of drug-likeness (QED) is 0.615. The molecule has 1 aromatic heterocycles. The molecule has 3 aromatic rings. The van der Waals surface area contributed by atoms with Crippen LogP contribution in [-0.4, -0.2) is 36.0 Å². The Kier molecular flexibility index (Phi) is 5.34. The fraction of sp³-hybridized carbons (Fsp3) is 0.158. The largest absolute Gasteiger partial charge is 0.454 e. The molecule has 2 aromatic carbocycles. The second kappa shape index (κ2) is 8.23. The van der Waals surface area contributed by atoms with Crippen molar-refractivity contribution in [1.29, 1.82) is 0 Å². The summed E-state index contributed by atoms with van der Waals surface area (Å²) in [5, 5.41) is 12.2. The maximum atomic E-state index is 12.6. The summed E-state index contributed by atoms with van der Waals surface area (Å²) in [5.74, 6) is 1.03. The summed E-state index contributed by atoms with van der Waals surface area (Å²) in [7, 11) is 1.43. The number of nitrogens with one attached hydrogen (secondary N) is 2. The monoisotopic (exact) mass is 412 g/mol. The van der Waals surface area contributed by atoms with Crippen LogP contribution in [0.1, 0.15) is 10.8 Å². The van der Waals surface area contributed by atoms with Gasteiger partial charge in [-0.25, -0.2) is 4.79 Å². The van der Waals surface area contributed by atoms with Crippen LogP contribution in [0.3, 0.4) is 0 Å². The molecule has 10 heteroatoms. The van der Waals surface area contributed by atoms with E-state index in [-0.39, 0.29) is 17.9 Å². The molecule has 1 aliphatic heterocycles. The van der Waals surface area contributed by atoms with Gasteiger partial charge in [-0.1, -0.05) is 30.3 Å². The van der Waals surface area contributed by atoms with Crippen molar-refractivity contribution < 1.29 is 23.5 Å². The molecule has 3 amide bonds. The maximum Gasteiger partial charge on any atom is 0.321 e. The number of nitrogens with zero attached hydrogens (tertiary/aromatic N) is 2. The van der Waals surface area contributed by atoms with Gasteiger partial charge in [-0.05, 0) is 35.5 Å². The van der Waals surface area contributed by atoms with Crippen LogP contribution in [0, 0.1) is 0 Å². The number of ether oxygens (including phenoxy) is 2. The van der Waals surface area contributed by atoms with Crippen molar-refractivity contribution in [3.05, 3.63) is 54.1 Å². The highest BCUT2D eigenvalue weighted by atomic mass is 32.2. The van der Waals surface area contributed by atoms with Crippen molar-refractivity contribution in [2.24, 2.45) is 0 Å². The van der Waals surface area contributed by atoms with Gasteiger partial charge in [0.25, 0.3) is 5.22 Å². The highest BCUT2D eigenvalue weighted by Gasteiger charge is 2.26. The number of hydrogen-bond donors (Lipinski definition) is 2. The summed E-state index contributed by atoms with van der Waals surface area (Å²) in [6.45, 7) is 0.170. The van der Waals surface area contributed by atoms with E-state index < -0.39 is 17.2 Å². The first-order chi connectivity index (χ1) is 14.1. The topological polar surface area (TPSA) is 116 Å². The first kappa shape index (κ1) is 18.8. The lowest BCUT2D eigenvalue weighted by molar-refractivity contribution is -0.119. The van der Waals surface area contributed by atoms with Crippen LogP contribution in [-0.2, 0) is 4.79 Å². The Balaban J connectivity index is 1.56. The summed E-state index contributed by atoms with van der Waals surface area (Å²) in [5.41, 5.74) is 1.36. The SMILES string of the molecule is CNC(=O)NC(=O)[C@@H](Sc1nnc(-c2ccc3c(c2)OCO3)o1)c1ccccc1. The molecule has 2 N–H and O–H groups in total. The molecule has 4 rings (SSSR count). The van der Waals surface area contributed by atoms with Crippen LogP contribution < -0.4 is 20.1 Å². The summed E-state index contributed by atoms with van der Waals surface area (Å²) >= 11 is 1.06. The number of aromatic nitrogens is 2. The molecule has 0 saturated heterocycles. The van der Waals surface area contributed by atoms with Crippen molar-refractivity contribution in [2.75, 3.05) is 13.8 Å². The Bertz CT molecular complexity index is 1040. The molecule has 29 heavy (non-hydrogen) atoms. The fourth-order valence-electron chi connectivity index (χ4n) is 2.65. The van der Waals surface area contributed by atoms with Gasteiger partial charge in [0.05, 0.1) is 0 Å². The van der Waals surface area contributed by atoms with Gasteiger partial charge >= 0.3 is 6.03 Å². The molecule has 148 valence electrons. The van der Waals surface area contributed by atoms with Crippen molar-refractivity contribution >= 4 is 23.7 Å². The minimum absolute atomic E-state index is 0.170. The summed E-state index contributed by atoms with van der Waals surface area (Å²) < 4.78 is 16.4.